The van der Waals surface area contributed by atoms with Crippen LogP contribution in [0.25, 0.3) is 6.08 Å². The minimum atomic E-state index is -0.646. The van der Waals surface area contributed by atoms with Gasteiger partial charge in [0, 0.05) is 6.08 Å². The molecule has 21 heavy (non-hydrogen) atoms. The van der Waals surface area contributed by atoms with Crippen LogP contribution in [0.2, 0.25) is 0 Å². The summed E-state index contributed by atoms with van der Waals surface area (Å²) in [5.41, 5.74) is 0.779. The van der Waals surface area contributed by atoms with Crippen LogP contribution in [0.5, 0.6) is 5.75 Å². The number of phenolic OH excluding ortho intramolecular Hbond substituents is 1. The molecule has 0 fully saturated rings. The van der Waals surface area contributed by atoms with E-state index in [1.807, 2.05) is 13.8 Å². The molecule has 0 aromatic heterocycles. The molecule has 114 valence electrons. The summed E-state index contributed by atoms with van der Waals surface area (Å²) in [6.07, 6.45) is 3.48. The number of ether oxygens (including phenoxy) is 1. The van der Waals surface area contributed by atoms with E-state index >= 15 is 0 Å². The molecule has 0 radical (unpaired) electrons. The Morgan fingerprint density at radius 3 is 2.43 bits per heavy atom. The molecule has 0 saturated heterocycles. The quantitative estimate of drug-likeness (QED) is 0.622. The average molecular weight is 291 g/mol. The summed E-state index contributed by atoms with van der Waals surface area (Å²) < 4.78 is 4.68. The van der Waals surface area contributed by atoms with Gasteiger partial charge in [-0.15, -0.1) is 0 Å². The topological polar surface area (TPSA) is 75.6 Å². The SMILES string of the molecule is COC(=O)C(CC(C)C)NC(=O)/C=C/c1ccc(O)cc1. The summed E-state index contributed by atoms with van der Waals surface area (Å²) in [4.78, 5) is 23.4. The number of aromatic hydroxyl groups is 1. The van der Waals surface area contributed by atoms with Gasteiger partial charge in [0.05, 0.1) is 7.11 Å². The molecule has 1 amide bonds. The Hall–Kier alpha value is -2.30. The normalized spacial score (nSPS) is 12.4. The van der Waals surface area contributed by atoms with Gasteiger partial charge >= 0.3 is 5.97 Å². The molecule has 1 aromatic carbocycles. The molecule has 2 N–H and O–H groups in total. The largest absolute Gasteiger partial charge is 0.508 e. The van der Waals surface area contributed by atoms with Gasteiger partial charge in [-0.1, -0.05) is 26.0 Å². The molecular formula is C16H21NO4. The van der Waals surface area contributed by atoms with E-state index in [1.54, 1.807) is 18.2 Å². The number of hydrogen-bond acceptors (Lipinski definition) is 4. The average Bonchev–Trinajstić information content (AvgIpc) is 2.44. The van der Waals surface area contributed by atoms with Gasteiger partial charge < -0.3 is 15.2 Å². The van der Waals surface area contributed by atoms with Gasteiger partial charge in [-0.3, -0.25) is 4.79 Å². The Morgan fingerprint density at radius 1 is 1.29 bits per heavy atom. The number of esters is 1. The van der Waals surface area contributed by atoms with E-state index in [1.165, 1.54) is 25.3 Å². The van der Waals surface area contributed by atoms with E-state index in [4.69, 9.17) is 0 Å². The molecule has 1 unspecified atom stereocenters. The number of carbonyl (C=O) groups excluding carboxylic acids is 2. The lowest BCUT2D eigenvalue weighted by Gasteiger charge is -2.17. The maximum Gasteiger partial charge on any atom is 0.328 e. The third-order valence-electron chi connectivity index (χ3n) is 2.83. The molecule has 0 aliphatic heterocycles. The van der Waals surface area contributed by atoms with Crippen LogP contribution in [0.3, 0.4) is 0 Å². The monoisotopic (exact) mass is 291 g/mol. The van der Waals surface area contributed by atoms with E-state index < -0.39 is 12.0 Å². The molecule has 1 rings (SSSR count). The van der Waals surface area contributed by atoms with Crippen LogP contribution in [0.15, 0.2) is 30.3 Å². The van der Waals surface area contributed by atoms with Gasteiger partial charge in [-0.2, -0.15) is 0 Å². The molecule has 0 saturated carbocycles. The van der Waals surface area contributed by atoms with E-state index in [-0.39, 0.29) is 17.6 Å². The van der Waals surface area contributed by atoms with Gasteiger partial charge in [-0.25, -0.2) is 4.79 Å². The summed E-state index contributed by atoms with van der Waals surface area (Å²) in [6, 6.07) is 5.80. The molecule has 1 aromatic rings. The molecule has 0 spiro atoms. The molecular weight excluding hydrogens is 270 g/mol. The first-order chi connectivity index (χ1) is 9.92. The van der Waals surface area contributed by atoms with Crippen molar-refractivity contribution in [2.45, 2.75) is 26.3 Å². The van der Waals surface area contributed by atoms with Crippen LogP contribution in [0.1, 0.15) is 25.8 Å². The van der Waals surface area contributed by atoms with Crippen molar-refractivity contribution in [1.82, 2.24) is 5.32 Å². The fourth-order valence-corrected chi connectivity index (χ4v) is 1.80. The Balaban J connectivity index is 2.64. The van der Waals surface area contributed by atoms with Gasteiger partial charge in [0.2, 0.25) is 5.91 Å². The van der Waals surface area contributed by atoms with Crippen molar-refractivity contribution >= 4 is 18.0 Å². The fraction of sp³-hybridized carbons (Fsp3) is 0.375. The minimum absolute atomic E-state index is 0.166. The summed E-state index contributed by atoms with van der Waals surface area (Å²) in [5.74, 6) is -0.385. The van der Waals surface area contributed by atoms with Crippen molar-refractivity contribution in [2.24, 2.45) is 5.92 Å². The third-order valence-corrected chi connectivity index (χ3v) is 2.83. The molecule has 0 heterocycles. The standard InChI is InChI=1S/C16H21NO4/c1-11(2)10-14(16(20)21-3)17-15(19)9-6-12-4-7-13(18)8-5-12/h4-9,11,14,18H,10H2,1-3H3,(H,17,19)/b9-6+. The lowest BCUT2D eigenvalue weighted by molar-refractivity contribution is -0.145. The van der Waals surface area contributed by atoms with Crippen LogP contribution < -0.4 is 5.32 Å². The Labute approximate surface area is 124 Å². The zero-order valence-corrected chi connectivity index (χ0v) is 12.5. The molecule has 5 nitrogen and oxygen atoms in total. The van der Waals surface area contributed by atoms with Gasteiger partial charge in [-0.05, 0) is 36.1 Å². The number of benzene rings is 1. The van der Waals surface area contributed by atoms with Crippen molar-refractivity contribution in [3.05, 3.63) is 35.9 Å². The predicted molar refractivity (Wildman–Crippen MR) is 80.5 cm³/mol. The Morgan fingerprint density at radius 2 is 1.90 bits per heavy atom. The summed E-state index contributed by atoms with van der Waals surface area (Å²) in [5, 5.41) is 11.8. The Bertz CT molecular complexity index is 506. The molecule has 5 heteroatoms. The number of methoxy groups -OCH3 is 1. The smallest absolute Gasteiger partial charge is 0.328 e. The van der Waals surface area contributed by atoms with Crippen LogP contribution in [0, 0.1) is 5.92 Å². The van der Waals surface area contributed by atoms with Gasteiger partial charge in [0.15, 0.2) is 0 Å². The highest BCUT2D eigenvalue weighted by Crippen LogP contribution is 2.11. The van der Waals surface area contributed by atoms with Crippen LogP contribution in [0.4, 0.5) is 0 Å². The summed E-state index contributed by atoms with van der Waals surface area (Å²) in [6.45, 7) is 3.93. The molecule has 0 bridgehead atoms. The first-order valence-corrected chi connectivity index (χ1v) is 6.77. The van der Waals surface area contributed by atoms with E-state index in [0.29, 0.717) is 6.42 Å². The zero-order valence-electron chi connectivity index (χ0n) is 12.5. The lowest BCUT2D eigenvalue weighted by Crippen LogP contribution is -2.41. The molecule has 0 aliphatic carbocycles. The van der Waals surface area contributed by atoms with Gasteiger partial charge in [0.25, 0.3) is 0 Å². The van der Waals surface area contributed by atoms with Gasteiger partial charge in [0.1, 0.15) is 11.8 Å². The molecule has 0 aliphatic rings. The fourth-order valence-electron chi connectivity index (χ4n) is 1.80. The number of phenols is 1. The minimum Gasteiger partial charge on any atom is -0.508 e. The number of carbonyl (C=O) groups is 2. The van der Waals surface area contributed by atoms with Crippen molar-refractivity contribution in [3.63, 3.8) is 0 Å². The van der Waals surface area contributed by atoms with Crippen LogP contribution in [-0.4, -0.2) is 30.1 Å². The van der Waals surface area contributed by atoms with Crippen molar-refractivity contribution in [3.8, 4) is 5.75 Å². The highest BCUT2D eigenvalue weighted by atomic mass is 16.5. The van der Waals surface area contributed by atoms with Crippen LogP contribution >= 0.6 is 0 Å². The van der Waals surface area contributed by atoms with Crippen molar-refractivity contribution in [1.29, 1.82) is 0 Å². The zero-order chi connectivity index (χ0) is 15.8. The molecule has 1 atom stereocenters. The second kappa shape index (κ2) is 8.09. The van der Waals surface area contributed by atoms with E-state index in [2.05, 4.69) is 10.1 Å². The maximum atomic E-state index is 11.8. The predicted octanol–water partition coefficient (Wildman–Crippen LogP) is 2.11. The second-order valence-corrected chi connectivity index (χ2v) is 5.14. The van der Waals surface area contributed by atoms with Crippen LogP contribution in [-0.2, 0) is 14.3 Å². The number of amides is 1. The third kappa shape index (κ3) is 6.12. The summed E-state index contributed by atoms with van der Waals surface area (Å²) in [7, 11) is 1.30. The number of hydrogen-bond donors (Lipinski definition) is 2. The number of nitrogens with one attached hydrogen (secondary N) is 1. The van der Waals surface area contributed by atoms with E-state index in [9.17, 15) is 14.7 Å². The number of rotatable bonds is 6. The van der Waals surface area contributed by atoms with Crippen molar-refractivity contribution in [2.75, 3.05) is 7.11 Å². The highest BCUT2D eigenvalue weighted by Gasteiger charge is 2.21. The first kappa shape index (κ1) is 16.8. The second-order valence-electron chi connectivity index (χ2n) is 5.14. The van der Waals surface area contributed by atoms with E-state index in [0.717, 1.165) is 5.56 Å². The maximum absolute atomic E-state index is 11.8. The highest BCUT2D eigenvalue weighted by molar-refractivity contribution is 5.94. The lowest BCUT2D eigenvalue weighted by atomic mass is 10.0. The Kier molecular flexibility index (Phi) is 6.46. The van der Waals surface area contributed by atoms with Crippen molar-refractivity contribution < 1.29 is 19.4 Å². The summed E-state index contributed by atoms with van der Waals surface area (Å²) >= 11 is 0. The first-order valence-electron chi connectivity index (χ1n) is 6.77.